The Morgan fingerprint density at radius 1 is 1.36 bits per heavy atom. The van der Waals surface area contributed by atoms with Crippen molar-refractivity contribution in [2.45, 2.75) is 11.3 Å². The maximum absolute atomic E-state index is 11.8. The Hall–Kier alpha value is -2.43. The number of nitro groups is 1. The fraction of sp³-hybridized carbons (Fsp3) is 0.333. The average Bonchev–Trinajstić information content (AvgIpc) is 3.11. The van der Waals surface area contributed by atoms with Crippen LogP contribution in [-0.2, 0) is 16.4 Å². The summed E-state index contributed by atoms with van der Waals surface area (Å²) >= 11 is 0. The van der Waals surface area contributed by atoms with Crippen molar-refractivity contribution < 1.29 is 22.9 Å². The van der Waals surface area contributed by atoms with Gasteiger partial charge in [-0.15, -0.1) is 0 Å². The summed E-state index contributed by atoms with van der Waals surface area (Å²) in [7, 11) is -2.55. The largest absolute Gasteiger partial charge is 0.469 e. The van der Waals surface area contributed by atoms with Crippen LogP contribution in [-0.4, -0.2) is 38.6 Å². The Labute approximate surface area is 144 Å². The van der Waals surface area contributed by atoms with E-state index in [9.17, 15) is 23.6 Å². The molecule has 1 unspecified atom stereocenters. The van der Waals surface area contributed by atoms with Gasteiger partial charge in [0, 0.05) is 31.6 Å². The van der Waals surface area contributed by atoms with Gasteiger partial charge in [-0.3, -0.25) is 10.1 Å². The van der Waals surface area contributed by atoms with Crippen molar-refractivity contribution in [3.63, 3.8) is 0 Å². The van der Waals surface area contributed by atoms with E-state index in [1.54, 1.807) is 12.1 Å². The van der Waals surface area contributed by atoms with Gasteiger partial charge in [-0.05, 0) is 31.3 Å². The van der Waals surface area contributed by atoms with Gasteiger partial charge >= 0.3 is 0 Å². The van der Waals surface area contributed by atoms with Gasteiger partial charge in [0.25, 0.3) is 5.69 Å². The molecule has 1 aromatic heterocycles. The second-order valence-corrected chi connectivity index (χ2v) is 7.24. The lowest BCUT2D eigenvalue weighted by molar-refractivity contribution is -0.384. The highest BCUT2D eigenvalue weighted by Crippen LogP contribution is 2.28. The Morgan fingerprint density at radius 2 is 2.12 bits per heavy atom. The summed E-state index contributed by atoms with van der Waals surface area (Å²) in [6.45, 7) is 0.129. The summed E-state index contributed by atoms with van der Waals surface area (Å²) in [6.07, 6.45) is 2.00. The average molecular weight is 369 g/mol. The number of benzene rings is 1. The summed E-state index contributed by atoms with van der Waals surface area (Å²) in [5.74, 6) is 0.484. The van der Waals surface area contributed by atoms with Gasteiger partial charge < -0.3 is 14.8 Å². The van der Waals surface area contributed by atoms with Gasteiger partial charge in [0.05, 0.1) is 16.1 Å². The monoisotopic (exact) mass is 369 g/mol. The molecule has 0 saturated carbocycles. The van der Waals surface area contributed by atoms with E-state index < -0.39 is 14.9 Å². The third-order valence-corrected chi connectivity index (χ3v) is 5.07. The summed E-state index contributed by atoms with van der Waals surface area (Å²) in [5.41, 5.74) is -0.177. The molecule has 2 aromatic rings. The summed E-state index contributed by atoms with van der Waals surface area (Å²) in [4.78, 5) is 10.4. The Kier molecular flexibility index (Phi) is 6.12. The van der Waals surface area contributed by atoms with Gasteiger partial charge in [-0.2, -0.15) is 0 Å². The number of nitrogens with zero attached hydrogens (tertiary/aromatic N) is 1. The minimum atomic E-state index is -3.78. The summed E-state index contributed by atoms with van der Waals surface area (Å²) in [5, 5.41) is 23.6. The predicted octanol–water partition coefficient (Wildman–Crippen LogP) is 1.36. The molecule has 3 N–H and O–H groups in total. The van der Waals surface area contributed by atoms with E-state index in [0.29, 0.717) is 12.2 Å². The van der Waals surface area contributed by atoms with Crippen LogP contribution in [0.1, 0.15) is 5.76 Å². The van der Waals surface area contributed by atoms with Gasteiger partial charge in [-0.25, -0.2) is 13.1 Å². The molecular weight excluding hydrogens is 350 g/mol. The number of nitro benzene ring substituents is 1. The molecular formula is C15H19N3O6S. The number of aliphatic hydroxyl groups excluding tert-OH is 1. The lowest BCUT2D eigenvalue weighted by Crippen LogP contribution is -2.21. The summed E-state index contributed by atoms with van der Waals surface area (Å²) in [6, 6.07) is 7.13. The molecule has 0 aliphatic rings. The van der Waals surface area contributed by atoms with Crippen LogP contribution in [0.3, 0.4) is 0 Å². The molecule has 0 fully saturated rings. The van der Waals surface area contributed by atoms with Crippen molar-refractivity contribution in [3.8, 4) is 0 Å². The molecule has 1 aromatic carbocycles. The van der Waals surface area contributed by atoms with Crippen LogP contribution in [0.15, 0.2) is 45.9 Å². The van der Waals surface area contributed by atoms with E-state index in [0.717, 1.165) is 6.07 Å². The molecule has 136 valence electrons. The molecule has 0 aliphatic carbocycles. The Bertz CT molecular complexity index is 820. The molecule has 0 bridgehead atoms. The summed E-state index contributed by atoms with van der Waals surface area (Å²) < 4.78 is 30.9. The van der Waals surface area contributed by atoms with E-state index in [-0.39, 0.29) is 35.3 Å². The topological polar surface area (TPSA) is 135 Å². The Balaban J connectivity index is 2.16. The van der Waals surface area contributed by atoms with Crippen molar-refractivity contribution in [1.29, 1.82) is 0 Å². The second kappa shape index (κ2) is 8.10. The third kappa shape index (κ3) is 4.78. The standard InChI is InChI=1S/C15H19N3O6S/c1-16-25(22,23)13-4-5-14(15(8-13)18(20)21)17-9-11(10-19)7-12-3-2-6-24-12/h2-6,8,11,16-17,19H,7,9-10H2,1H3. The van der Waals surface area contributed by atoms with Crippen molar-refractivity contribution in [2.75, 3.05) is 25.5 Å². The number of sulfonamides is 1. The first-order valence-electron chi connectivity index (χ1n) is 7.46. The van der Waals surface area contributed by atoms with Crippen LogP contribution in [0.2, 0.25) is 0 Å². The molecule has 0 amide bonds. The van der Waals surface area contributed by atoms with E-state index in [4.69, 9.17) is 4.42 Å². The normalized spacial score (nSPS) is 12.7. The highest BCUT2D eigenvalue weighted by molar-refractivity contribution is 7.89. The van der Waals surface area contributed by atoms with Crippen LogP contribution < -0.4 is 10.0 Å². The highest BCUT2D eigenvalue weighted by Gasteiger charge is 2.21. The van der Waals surface area contributed by atoms with Crippen molar-refractivity contribution in [1.82, 2.24) is 4.72 Å². The number of nitrogens with one attached hydrogen (secondary N) is 2. The van der Waals surface area contributed by atoms with Crippen LogP contribution in [0.25, 0.3) is 0 Å². The van der Waals surface area contributed by atoms with E-state index in [2.05, 4.69) is 10.0 Å². The molecule has 1 atom stereocenters. The number of rotatable bonds is 9. The number of aliphatic hydroxyl groups is 1. The fourth-order valence-electron chi connectivity index (χ4n) is 2.27. The first-order chi connectivity index (χ1) is 11.9. The fourth-order valence-corrected chi connectivity index (χ4v) is 3.02. The Morgan fingerprint density at radius 3 is 2.68 bits per heavy atom. The van der Waals surface area contributed by atoms with Crippen LogP contribution >= 0.6 is 0 Å². The minimum absolute atomic E-state index is 0.131. The first-order valence-corrected chi connectivity index (χ1v) is 8.94. The molecule has 10 heteroatoms. The number of hydrogen-bond acceptors (Lipinski definition) is 7. The first kappa shape index (κ1) is 18.9. The van der Waals surface area contributed by atoms with Crippen LogP contribution in [0.4, 0.5) is 11.4 Å². The van der Waals surface area contributed by atoms with Crippen LogP contribution in [0.5, 0.6) is 0 Å². The maximum Gasteiger partial charge on any atom is 0.293 e. The van der Waals surface area contributed by atoms with Crippen molar-refractivity contribution in [2.24, 2.45) is 5.92 Å². The van der Waals surface area contributed by atoms with Gasteiger partial charge in [0.1, 0.15) is 11.4 Å². The maximum atomic E-state index is 11.8. The number of furan rings is 1. The van der Waals surface area contributed by atoms with E-state index in [1.807, 2.05) is 0 Å². The molecule has 9 nitrogen and oxygen atoms in total. The number of hydrogen-bond donors (Lipinski definition) is 3. The molecule has 0 saturated heterocycles. The van der Waals surface area contributed by atoms with Gasteiger partial charge in [-0.1, -0.05) is 0 Å². The zero-order chi connectivity index (χ0) is 18.4. The third-order valence-electron chi connectivity index (χ3n) is 3.65. The zero-order valence-electron chi connectivity index (χ0n) is 13.5. The zero-order valence-corrected chi connectivity index (χ0v) is 14.3. The minimum Gasteiger partial charge on any atom is -0.469 e. The molecule has 1 heterocycles. The SMILES string of the molecule is CNS(=O)(=O)c1ccc(NCC(CO)Cc2ccco2)c([N+](=O)[O-])c1. The number of anilines is 1. The molecule has 2 rings (SSSR count). The van der Waals surface area contributed by atoms with Crippen molar-refractivity contribution >= 4 is 21.4 Å². The molecule has 0 aliphatic heterocycles. The van der Waals surface area contributed by atoms with Crippen LogP contribution in [0, 0.1) is 16.0 Å². The molecule has 0 spiro atoms. The quantitative estimate of drug-likeness (QED) is 0.448. The van der Waals surface area contributed by atoms with Crippen molar-refractivity contribution in [3.05, 3.63) is 52.5 Å². The highest BCUT2D eigenvalue weighted by atomic mass is 32.2. The second-order valence-electron chi connectivity index (χ2n) is 5.36. The van der Waals surface area contributed by atoms with Gasteiger partial charge in [0.15, 0.2) is 0 Å². The van der Waals surface area contributed by atoms with Gasteiger partial charge in [0.2, 0.25) is 10.0 Å². The predicted molar refractivity (Wildman–Crippen MR) is 90.8 cm³/mol. The molecule has 25 heavy (non-hydrogen) atoms. The molecule has 0 radical (unpaired) electrons. The van der Waals surface area contributed by atoms with E-state index in [1.165, 1.54) is 25.4 Å². The van der Waals surface area contributed by atoms with E-state index >= 15 is 0 Å². The lowest BCUT2D eigenvalue weighted by atomic mass is 10.0. The lowest BCUT2D eigenvalue weighted by Gasteiger charge is -2.15. The smallest absolute Gasteiger partial charge is 0.293 e.